The van der Waals surface area contributed by atoms with E-state index in [2.05, 4.69) is 30.9 Å². The number of nitrogens with zero attached hydrogens (tertiary/aromatic N) is 4. The molecule has 0 bridgehead atoms. The Balaban J connectivity index is 1.17. The Kier molecular flexibility index (Phi) is 9.38. The zero-order valence-corrected chi connectivity index (χ0v) is 29.0. The number of hydrogen-bond donors (Lipinski definition) is 2. The van der Waals surface area contributed by atoms with E-state index >= 15 is 0 Å². The molecule has 0 saturated carbocycles. The number of aliphatic hydroxyl groups is 1. The van der Waals surface area contributed by atoms with Crippen molar-refractivity contribution in [2.24, 2.45) is 20.7 Å². The molecule has 0 amide bonds. The summed E-state index contributed by atoms with van der Waals surface area (Å²) in [7, 11) is 3.25. The first-order valence-corrected chi connectivity index (χ1v) is 17.0. The molecule has 4 aromatic rings. The molecule has 12 heteroatoms. The highest BCUT2D eigenvalue weighted by molar-refractivity contribution is 9.09. The standard InChI is InChI=1S/C38H36BrN5O6/c1-47-28-17-13-26(14-18-28)37(25-11-7-4-8-12-25,27-15-19-29(48-2)20-16-27)49-22-31-30(45)21-32(50-31)44-35-33(43-36(44)39)38(40,42-23-41-35)34(46)24-9-5-3-6-10-24/h3-20,23,30-32,36,45H,21-22,40H2,1-2H3/t30-,31+,32+,36?,38?/m0/s1. The number of aliphatic hydroxyl groups excluding tert-OH is 1. The summed E-state index contributed by atoms with van der Waals surface area (Å²) in [4.78, 5) is 28.8. The van der Waals surface area contributed by atoms with Crippen LogP contribution in [0.5, 0.6) is 11.5 Å². The van der Waals surface area contributed by atoms with E-state index in [0.29, 0.717) is 22.9 Å². The summed E-state index contributed by atoms with van der Waals surface area (Å²) < 4.78 is 24.5. The normalized spacial score (nSPS) is 24.4. The van der Waals surface area contributed by atoms with E-state index < -0.39 is 40.6 Å². The fraction of sp³-hybridized carbons (Fsp3) is 0.263. The van der Waals surface area contributed by atoms with Crippen LogP contribution >= 0.6 is 15.9 Å². The third kappa shape index (κ3) is 5.92. The van der Waals surface area contributed by atoms with Gasteiger partial charge in [-0.1, -0.05) is 84.9 Å². The van der Waals surface area contributed by atoms with Gasteiger partial charge in [-0.25, -0.2) is 15.0 Å². The maximum absolute atomic E-state index is 13.6. The van der Waals surface area contributed by atoms with Gasteiger partial charge in [-0.05, 0) is 56.9 Å². The summed E-state index contributed by atoms with van der Waals surface area (Å²) in [6.45, 7) is 0.0282. The van der Waals surface area contributed by atoms with E-state index in [4.69, 9.17) is 24.7 Å². The number of alkyl halides is 1. The van der Waals surface area contributed by atoms with Crippen molar-refractivity contribution in [2.45, 2.75) is 41.2 Å². The molecule has 256 valence electrons. The molecule has 11 nitrogen and oxygen atoms in total. The first-order valence-electron chi connectivity index (χ1n) is 16.1. The largest absolute Gasteiger partial charge is 0.497 e. The second-order valence-corrected chi connectivity index (χ2v) is 12.9. The first-order chi connectivity index (χ1) is 24.3. The van der Waals surface area contributed by atoms with Gasteiger partial charge in [-0.15, -0.1) is 0 Å². The number of fused-ring (bicyclic) bond motifs is 1. The number of benzene rings is 4. The average Bonchev–Trinajstić information content (AvgIpc) is 3.71. The van der Waals surface area contributed by atoms with Crippen LogP contribution in [-0.2, 0) is 15.1 Å². The number of halogens is 1. The molecule has 4 aromatic carbocycles. The van der Waals surface area contributed by atoms with Gasteiger partial charge in [0.05, 0.1) is 26.9 Å². The Bertz CT molecular complexity index is 1880. The number of amidine groups is 1. The Morgan fingerprint density at radius 2 is 1.48 bits per heavy atom. The summed E-state index contributed by atoms with van der Waals surface area (Å²) in [6.07, 6.45) is -0.788. The van der Waals surface area contributed by atoms with E-state index in [9.17, 15) is 9.90 Å². The summed E-state index contributed by atoms with van der Waals surface area (Å²) in [5.41, 5.74) is 7.02. The first kappa shape index (κ1) is 33.8. The lowest BCUT2D eigenvalue weighted by molar-refractivity contribution is -0.0998. The van der Waals surface area contributed by atoms with Crippen LogP contribution in [0.1, 0.15) is 33.5 Å². The van der Waals surface area contributed by atoms with E-state index in [1.54, 1.807) is 43.4 Å². The molecule has 3 heterocycles. The molecule has 2 unspecified atom stereocenters. The lowest BCUT2D eigenvalue weighted by atomic mass is 9.80. The number of nitrogens with two attached hydrogens (primary N) is 1. The maximum atomic E-state index is 13.6. The second-order valence-electron chi connectivity index (χ2n) is 12.1. The fourth-order valence-electron chi connectivity index (χ4n) is 6.65. The van der Waals surface area contributed by atoms with Crippen molar-refractivity contribution in [3.05, 3.63) is 131 Å². The van der Waals surface area contributed by atoms with Crippen LogP contribution in [0.3, 0.4) is 0 Å². The molecule has 1 fully saturated rings. The van der Waals surface area contributed by atoms with Gasteiger partial charge in [-0.3, -0.25) is 15.4 Å². The van der Waals surface area contributed by atoms with Crippen LogP contribution in [0.15, 0.2) is 124 Å². The Morgan fingerprint density at radius 1 is 0.920 bits per heavy atom. The predicted molar refractivity (Wildman–Crippen MR) is 193 cm³/mol. The van der Waals surface area contributed by atoms with E-state index in [1.165, 1.54) is 6.34 Å². The molecule has 3 aliphatic rings. The monoisotopic (exact) mass is 737 g/mol. The van der Waals surface area contributed by atoms with Gasteiger partial charge in [0.15, 0.2) is 10.9 Å². The average molecular weight is 739 g/mol. The molecule has 0 radical (unpaired) electrons. The summed E-state index contributed by atoms with van der Waals surface area (Å²) in [5, 5.41) is 10.8. The van der Waals surface area contributed by atoms with Gasteiger partial charge in [0.2, 0.25) is 11.4 Å². The van der Waals surface area contributed by atoms with Gasteiger partial charge in [0.1, 0.15) is 41.5 Å². The van der Waals surface area contributed by atoms with Gasteiger partial charge >= 0.3 is 0 Å². The number of Topliss-reactive ketones (excluding diaryl/α,β-unsaturated/α-hetero) is 1. The van der Waals surface area contributed by atoms with Crippen molar-refractivity contribution in [2.75, 3.05) is 20.8 Å². The van der Waals surface area contributed by atoms with Crippen LogP contribution in [0.2, 0.25) is 0 Å². The summed E-state index contributed by atoms with van der Waals surface area (Å²) >= 11 is 3.61. The Morgan fingerprint density at radius 3 is 2.06 bits per heavy atom. The molecule has 3 N–H and O–H groups in total. The SMILES string of the molecule is COc1ccc(C(OC[C@H]2O[C@@H](N3C4=NC=NC(N)(C(=O)c5ccccc5)C4=NC3Br)C[C@@H]2O)(c2ccccc2)c2ccc(OC)cc2)cc1. The van der Waals surface area contributed by atoms with Gasteiger partial charge in [0, 0.05) is 12.0 Å². The van der Waals surface area contributed by atoms with Crippen molar-refractivity contribution in [3.8, 4) is 11.5 Å². The van der Waals surface area contributed by atoms with Crippen molar-refractivity contribution in [3.63, 3.8) is 0 Å². The Hall–Kier alpha value is -4.72. The molecule has 0 aromatic heterocycles. The molecule has 5 atom stereocenters. The number of aliphatic imine (C=N–C) groups is 3. The third-order valence-electron chi connectivity index (χ3n) is 9.26. The number of carbonyl (C=O) groups excluding carboxylic acids is 1. The van der Waals surface area contributed by atoms with Crippen LogP contribution in [-0.4, -0.2) is 83.7 Å². The van der Waals surface area contributed by atoms with Crippen LogP contribution in [0.25, 0.3) is 0 Å². The summed E-state index contributed by atoms with van der Waals surface area (Å²) in [5.74, 6) is 1.36. The number of rotatable bonds is 11. The number of methoxy groups -OCH3 is 2. The third-order valence-corrected chi connectivity index (χ3v) is 9.90. The smallest absolute Gasteiger partial charge is 0.219 e. The fourth-order valence-corrected chi connectivity index (χ4v) is 7.31. The van der Waals surface area contributed by atoms with E-state index in [1.807, 2.05) is 84.9 Å². The maximum Gasteiger partial charge on any atom is 0.219 e. The zero-order valence-electron chi connectivity index (χ0n) is 27.4. The van der Waals surface area contributed by atoms with Crippen molar-refractivity contribution < 1.29 is 28.8 Å². The summed E-state index contributed by atoms with van der Waals surface area (Å²) in [6, 6.07) is 34.1. The van der Waals surface area contributed by atoms with Crippen LogP contribution in [0, 0.1) is 0 Å². The number of ketones is 1. The van der Waals surface area contributed by atoms with Crippen LogP contribution in [0.4, 0.5) is 0 Å². The number of carbonyl (C=O) groups is 1. The number of ether oxygens (including phenoxy) is 4. The molecule has 50 heavy (non-hydrogen) atoms. The quantitative estimate of drug-likeness (QED) is 0.0959. The highest BCUT2D eigenvalue weighted by Crippen LogP contribution is 2.43. The molecular formula is C38H36BrN5O6. The lowest BCUT2D eigenvalue weighted by Crippen LogP contribution is -2.59. The number of hydrogen-bond acceptors (Lipinski definition) is 11. The van der Waals surface area contributed by atoms with Crippen molar-refractivity contribution >= 4 is 39.6 Å². The van der Waals surface area contributed by atoms with E-state index in [0.717, 1.165) is 16.7 Å². The lowest BCUT2D eigenvalue weighted by Gasteiger charge is -2.37. The van der Waals surface area contributed by atoms with E-state index in [-0.39, 0.29) is 18.7 Å². The molecule has 0 spiro atoms. The minimum Gasteiger partial charge on any atom is -0.497 e. The highest BCUT2D eigenvalue weighted by Gasteiger charge is 2.53. The minimum absolute atomic E-state index is 0.0282. The highest BCUT2D eigenvalue weighted by atomic mass is 79.9. The van der Waals surface area contributed by atoms with Gasteiger partial charge in [0.25, 0.3) is 0 Å². The molecule has 1 saturated heterocycles. The van der Waals surface area contributed by atoms with Gasteiger partial charge in [-0.2, -0.15) is 0 Å². The Labute approximate surface area is 298 Å². The second kappa shape index (κ2) is 13.9. The topological polar surface area (TPSA) is 141 Å². The predicted octanol–water partition coefficient (Wildman–Crippen LogP) is 4.90. The van der Waals surface area contributed by atoms with Gasteiger partial charge < -0.3 is 24.1 Å². The van der Waals surface area contributed by atoms with Crippen molar-refractivity contribution in [1.29, 1.82) is 0 Å². The molecule has 7 rings (SSSR count). The molecular weight excluding hydrogens is 702 g/mol. The minimum atomic E-state index is -1.77. The zero-order chi connectivity index (χ0) is 34.9. The molecule has 3 aliphatic heterocycles. The molecule has 0 aliphatic carbocycles. The van der Waals surface area contributed by atoms with Crippen molar-refractivity contribution in [1.82, 2.24) is 4.90 Å². The van der Waals surface area contributed by atoms with Crippen LogP contribution < -0.4 is 15.2 Å².